The molecule has 0 amide bonds. The summed E-state index contributed by atoms with van der Waals surface area (Å²) in [6.07, 6.45) is 5.52. The molecule has 24 atom stereocenters. The smallest absolute Gasteiger partial charge is 0.550 e. The Morgan fingerprint density at radius 2 is 0.866 bits per heavy atom. The number of ketones is 2. The van der Waals surface area contributed by atoms with Crippen LogP contribution in [0.25, 0.3) is 0 Å². The van der Waals surface area contributed by atoms with E-state index in [1.807, 2.05) is 0 Å². The van der Waals surface area contributed by atoms with Crippen LogP contribution in [0.3, 0.4) is 0 Å². The van der Waals surface area contributed by atoms with Crippen LogP contribution in [0.15, 0.2) is 0 Å². The molecule has 0 spiro atoms. The van der Waals surface area contributed by atoms with Crippen molar-refractivity contribution in [3.8, 4) is 0 Å². The molecular weight excluding hydrogens is 900 g/mol. The quantitative estimate of drug-likeness (QED) is 0.129. The maximum absolute atomic E-state index is 13.0. The van der Waals surface area contributed by atoms with Crippen LogP contribution in [-0.2, 0) is 36.2 Å². The Kier molecular flexibility index (Phi) is 16.8. The number of aliphatic hydroxyl groups excluding tert-OH is 6. The minimum Gasteiger partial charge on any atom is -0.550 e. The van der Waals surface area contributed by atoms with E-state index in [1.54, 1.807) is 0 Å². The molecule has 0 aromatic carbocycles. The number of carboxylic acids is 2. The molecule has 10 N–H and O–H groups in total. The fourth-order valence-electron chi connectivity index (χ4n) is 18.8. The average Bonchev–Trinajstić information content (AvgIpc) is 3.81. The third-order valence-electron chi connectivity index (χ3n) is 22.1. The number of carbonyl (C=O) groups is 4. The molecule has 8 fully saturated rings. The SMILES string of the molecule is C[C@H](CCC(=O)[O-])[C@H]1CCC2C3C(C[C@H](O)[C@@]21C)[C@@]1(C)C(C(=O)CN)C[C@@H](O)C[C@H]1C[C@H]3O.C[C@H](CCC(=O)[O-])[C@H]1CCC2C3C(C[C@H](O)[C@@]21C)[C@@]1(C)C(C(=O)CN)C[C@@H](O)C[C@H]1C[C@H]3O.[Fe+2]. The van der Waals surface area contributed by atoms with Crippen molar-refractivity contribution in [2.45, 2.75) is 181 Å². The molecule has 8 unspecified atom stereocenters. The van der Waals surface area contributed by atoms with Crippen molar-refractivity contribution >= 4 is 23.5 Å². The minimum absolute atomic E-state index is 0. The van der Waals surface area contributed by atoms with E-state index in [4.69, 9.17) is 11.5 Å². The molecule has 15 heteroatoms. The van der Waals surface area contributed by atoms with Crippen LogP contribution < -0.4 is 21.7 Å². The Morgan fingerprint density at radius 3 is 1.18 bits per heavy atom. The van der Waals surface area contributed by atoms with Crippen LogP contribution in [0.1, 0.15) is 144 Å². The Hall–Kier alpha value is -1.52. The second-order valence-corrected chi connectivity index (χ2v) is 24.4. The maximum atomic E-state index is 13.0. The molecule has 8 rings (SSSR count). The van der Waals surface area contributed by atoms with Crippen LogP contribution >= 0.6 is 0 Å². The number of Topliss-reactive ketones (excluding diaryl/α,β-unsaturated/α-hetero) is 2. The van der Waals surface area contributed by atoms with Gasteiger partial charge in [0.2, 0.25) is 0 Å². The van der Waals surface area contributed by atoms with Crippen LogP contribution in [0, 0.1) is 105 Å². The summed E-state index contributed by atoms with van der Waals surface area (Å²) in [6, 6.07) is 0. The van der Waals surface area contributed by atoms with E-state index in [9.17, 15) is 60.0 Å². The molecule has 8 aliphatic rings. The number of carboxylic acid groups (broad SMARTS) is 2. The van der Waals surface area contributed by atoms with Crippen LogP contribution in [0.5, 0.6) is 0 Å². The van der Waals surface area contributed by atoms with Crippen LogP contribution in [0.2, 0.25) is 0 Å². The summed E-state index contributed by atoms with van der Waals surface area (Å²) in [7, 11) is 0. The molecule has 0 aliphatic heterocycles. The van der Waals surface area contributed by atoms with Crippen molar-refractivity contribution in [3.63, 3.8) is 0 Å². The van der Waals surface area contributed by atoms with Crippen molar-refractivity contribution in [1.29, 1.82) is 0 Å². The summed E-state index contributed by atoms with van der Waals surface area (Å²) in [5.74, 6) is -1.95. The normalized spacial score (nSPS) is 49.3. The van der Waals surface area contributed by atoms with Crippen molar-refractivity contribution in [2.75, 3.05) is 13.1 Å². The summed E-state index contributed by atoms with van der Waals surface area (Å²) < 4.78 is 0. The zero-order valence-electron chi connectivity index (χ0n) is 40.9. The van der Waals surface area contributed by atoms with Gasteiger partial charge in [0.05, 0.1) is 49.7 Å². The molecule has 8 aliphatic carbocycles. The Balaban J connectivity index is 0.000000218. The van der Waals surface area contributed by atoms with Gasteiger partial charge in [-0.2, -0.15) is 0 Å². The summed E-state index contributed by atoms with van der Waals surface area (Å²) in [4.78, 5) is 48.0. The maximum Gasteiger partial charge on any atom is 2.00 e. The largest absolute Gasteiger partial charge is 2.00 e. The van der Waals surface area contributed by atoms with Crippen molar-refractivity contribution in [3.05, 3.63) is 0 Å². The Bertz CT molecular complexity index is 1680. The molecule has 0 radical (unpaired) electrons. The number of aliphatic carboxylic acids is 2. The molecule has 67 heavy (non-hydrogen) atoms. The third-order valence-corrected chi connectivity index (χ3v) is 22.1. The summed E-state index contributed by atoms with van der Waals surface area (Å²) >= 11 is 0. The average molecular weight is 985 g/mol. The zero-order chi connectivity index (χ0) is 48.6. The fraction of sp³-hybridized carbons (Fsp3) is 0.923. The predicted molar refractivity (Wildman–Crippen MR) is 241 cm³/mol. The summed E-state index contributed by atoms with van der Waals surface area (Å²) in [6.45, 7) is 12.6. The van der Waals surface area contributed by atoms with Gasteiger partial charge in [-0.25, -0.2) is 0 Å². The Morgan fingerprint density at radius 1 is 0.522 bits per heavy atom. The minimum atomic E-state index is -1.04. The van der Waals surface area contributed by atoms with Gasteiger partial charge in [0.15, 0.2) is 0 Å². The fourth-order valence-corrected chi connectivity index (χ4v) is 18.8. The molecule has 8 saturated carbocycles. The molecular formula is C52H84FeN2O12. The number of fused-ring (bicyclic) bond motifs is 10. The van der Waals surface area contributed by atoms with Gasteiger partial charge in [0.25, 0.3) is 0 Å². The van der Waals surface area contributed by atoms with Gasteiger partial charge in [0, 0.05) is 23.8 Å². The van der Waals surface area contributed by atoms with Gasteiger partial charge in [0.1, 0.15) is 11.6 Å². The third kappa shape index (κ3) is 9.08. The van der Waals surface area contributed by atoms with E-state index in [-0.39, 0.29) is 137 Å². The molecule has 0 heterocycles. The van der Waals surface area contributed by atoms with E-state index < -0.39 is 70.2 Å². The predicted octanol–water partition coefficient (Wildman–Crippen LogP) is 1.73. The molecule has 0 aromatic heterocycles. The number of carbonyl (C=O) groups excluding carboxylic acids is 4. The second kappa shape index (κ2) is 20.5. The van der Waals surface area contributed by atoms with Gasteiger partial charge >= 0.3 is 17.1 Å². The summed E-state index contributed by atoms with van der Waals surface area (Å²) in [5.41, 5.74) is 9.98. The number of hydrogen-bond acceptors (Lipinski definition) is 14. The second-order valence-electron chi connectivity index (χ2n) is 24.4. The van der Waals surface area contributed by atoms with E-state index in [0.29, 0.717) is 64.2 Å². The van der Waals surface area contributed by atoms with E-state index >= 15 is 0 Å². The molecule has 382 valence electrons. The van der Waals surface area contributed by atoms with Gasteiger partial charge in [-0.1, -0.05) is 41.5 Å². The first-order chi connectivity index (χ1) is 30.9. The van der Waals surface area contributed by atoms with Gasteiger partial charge in [-0.3, -0.25) is 9.59 Å². The molecule has 14 nitrogen and oxygen atoms in total. The number of nitrogens with two attached hydrogens (primary N) is 2. The van der Waals surface area contributed by atoms with Gasteiger partial charge < -0.3 is 61.9 Å². The van der Waals surface area contributed by atoms with E-state index in [2.05, 4.69) is 41.5 Å². The van der Waals surface area contributed by atoms with Crippen molar-refractivity contribution in [2.24, 2.45) is 116 Å². The number of hydrogen-bond donors (Lipinski definition) is 8. The Labute approximate surface area is 409 Å². The number of aliphatic hydroxyl groups is 6. The van der Waals surface area contributed by atoms with Gasteiger partial charge in [-0.05, 0) is 195 Å². The summed E-state index contributed by atoms with van der Waals surface area (Å²) in [5, 5.41) is 89.2. The van der Waals surface area contributed by atoms with E-state index in [1.165, 1.54) is 0 Å². The number of rotatable bonds is 12. The van der Waals surface area contributed by atoms with Gasteiger partial charge in [-0.15, -0.1) is 0 Å². The first kappa shape index (κ1) is 54.8. The molecule has 0 aromatic rings. The van der Waals surface area contributed by atoms with Crippen molar-refractivity contribution in [1.82, 2.24) is 0 Å². The standard InChI is InChI=1S/2C26H43NO6.Fe/c2*1-13(4-7-23(32)33)16-5-6-17-24-19(11-22(31)26(16,17)3)25(2)14(9-20(24)29)8-15(28)10-18(25)21(30)12-27;/h2*13-20,22,24,28-29,31H,4-12,27H2,1-3H3,(H,32,33);/q;;+2/p-2/t2*13-,14+,15+,16-,17?,18?,19?,20-,22+,24?,25-,26-;/m11./s1. The molecule has 0 saturated heterocycles. The zero-order valence-corrected chi connectivity index (χ0v) is 42.0. The first-order valence-corrected chi connectivity index (χ1v) is 25.8. The molecule has 0 bridgehead atoms. The monoisotopic (exact) mass is 985 g/mol. The van der Waals surface area contributed by atoms with Crippen LogP contribution in [-0.4, -0.2) is 104 Å². The van der Waals surface area contributed by atoms with Crippen molar-refractivity contribution < 1.29 is 77.1 Å². The van der Waals surface area contributed by atoms with E-state index in [0.717, 1.165) is 25.7 Å². The first-order valence-electron chi connectivity index (χ1n) is 25.8. The van der Waals surface area contributed by atoms with Crippen LogP contribution in [0.4, 0.5) is 0 Å². The topological polar surface area (TPSA) is 288 Å².